The van der Waals surface area contributed by atoms with Gasteiger partial charge in [0.05, 0.1) is 6.42 Å². The molecule has 226 valence electrons. The molecular formula is C34H40N4O5. The highest BCUT2D eigenvalue weighted by molar-refractivity contribution is 6.26. The Morgan fingerprint density at radius 2 is 1.70 bits per heavy atom. The number of benzene rings is 2. The van der Waals surface area contributed by atoms with Crippen molar-refractivity contribution in [3.05, 3.63) is 66.0 Å². The molecule has 1 spiro atoms. The second-order valence-corrected chi connectivity index (χ2v) is 13.7. The summed E-state index contributed by atoms with van der Waals surface area (Å²) in [7, 11) is 0. The zero-order chi connectivity index (χ0) is 30.4. The van der Waals surface area contributed by atoms with Gasteiger partial charge in [0.25, 0.3) is 11.8 Å². The van der Waals surface area contributed by atoms with Crippen LogP contribution < -0.4 is 10.6 Å². The number of nitrogens with one attached hydrogen (secondary N) is 2. The maximum atomic E-state index is 13.5. The molecule has 0 bridgehead atoms. The minimum atomic E-state index is -0.716. The Morgan fingerprint density at radius 3 is 2.40 bits per heavy atom. The monoisotopic (exact) mass is 584 g/mol. The molecule has 0 radical (unpaired) electrons. The SMILES string of the molecule is CC1(CC(=O)NCCN2C(=O)c3cccc4c(Nc5ccncc5)ccc(c34)C2=O)CC2(CCC(C(C)(C)C)CC2)OO1. The molecule has 1 saturated carbocycles. The van der Waals surface area contributed by atoms with Crippen molar-refractivity contribution < 1.29 is 24.2 Å². The molecule has 3 aromatic rings. The number of pyridine rings is 1. The van der Waals surface area contributed by atoms with Gasteiger partial charge < -0.3 is 10.6 Å². The van der Waals surface area contributed by atoms with E-state index in [2.05, 4.69) is 36.4 Å². The smallest absolute Gasteiger partial charge is 0.261 e. The minimum Gasteiger partial charge on any atom is -0.355 e. The van der Waals surface area contributed by atoms with Gasteiger partial charge in [-0.25, -0.2) is 9.78 Å². The molecule has 1 unspecified atom stereocenters. The lowest BCUT2D eigenvalue weighted by atomic mass is 9.66. The maximum Gasteiger partial charge on any atom is 0.261 e. The molecule has 9 heteroatoms. The fourth-order valence-corrected chi connectivity index (χ4v) is 7.05. The van der Waals surface area contributed by atoms with Crippen LogP contribution in [0.5, 0.6) is 0 Å². The largest absolute Gasteiger partial charge is 0.355 e. The number of imide groups is 1. The average Bonchev–Trinajstić information content (AvgIpc) is 3.29. The highest BCUT2D eigenvalue weighted by atomic mass is 17.2. The number of hydrogen-bond donors (Lipinski definition) is 2. The topological polar surface area (TPSA) is 110 Å². The van der Waals surface area contributed by atoms with Crippen LogP contribution in [0.2, 0.25) is 0 Å². The third kappa shape index (κ3) is 5.76. The van der Waals surface area contributed by atoms with Gasteiger partial charge in [-0.2, -0.15) is 0 Å². The van der Waals surface area contributed by atoms with E-state index in [9.17, 15) is 14.4 Å². The molecule has 3 aliphatic rings. The third-order valence-electron chi connectivity index (χ3n) is 9.38. The summed E-state index contributed by atoms with van der Waals surface area (Å²) in [5.41, 5.74) is 1.81. The lowest BCUT2D eigenvalue weighted by Gasteiger charge is -2.40. The van der Waals surface area contributed by atoms with Gasteiger partial charge in [0.15, 0.2) is 0 Å². The van der Waals surface area contributed by atoms with Gasteiger partial charge in [0.1, 0.15) is 11.2 Å². The van der Waals surface area contributed by atoms with E-state index < -0.39 is 5.60 Å². The van der Waals surface area contributed by atoms with Crippen molar-refractivity contribution in [2.45, 2.75) is 77.4 Å². The van der Waals surface area contributed by atoms with E-state index in [0.717, 1.165) is 42.4 Å². The Labute approximate surface area is 252 Å². The molecule has 2 N–H and O–H groups in total. The lowest BCUT2D eigenvalue weighted by Crippen LogP contribution is -2.45. The van der Waals surface area contributed by atoms with Crippen LogP contribution in [-0.4, -0.2) is 51.9 Å². The van der Waals surface area contributed by atoms with Crippen molar-refractivity contribution in [1.29, 1.82) is 0 Å². The molecule has 2 aromatic carbocycles. The molecule has 1 atom stereocenters. The first-order chi connectivity index (χ1) is 20.5. The van der Waals surface area contributed by atoms with E-state index >= 15 is 0 Å². The number of rotatable bonds is 7. The number of anilines is 2. The van der Waals surface area contributed by atoms with Crippen LogP contribution in [0, 0.1) is 11.3 Å². The molecule has 1 aromatic heterocycles. The molecule has 9 nitrogen and oxygen atoms in total. The second-order valence-electron chi connectivity index (χ2n) is 13.7. The van der Waals surface area contributed by atoms with Gasteiger partial charge in [-0.3, -0.25) is 24.3 Å². The molecule has 6 rings (SSSR count). The number of aromatic nitrogens is 1. The fraction of sp³-hybridized carbons (Fsp3) is 0.471. The second kappa shape index (κ2) is 11.0. The molecule has 1 aliphatic carbocycles. The van der Waals surface area contributed by atoms with E-state index in [0.29, 0.717) is 28.9 Å². The number of carbonyl (C=O) groups is 3. The summed E-state index contributed by atoms with van der Waals surface area (Å²) < 4.78 is 0. The molecule has 3 heterocycles. The van der Waals surface area contributed by atoms with Crippen LogP contribution in [0.4, 0.5) is 11.4 Å². The molecule has 3 amide bonds. The van der Waals surface area contributed by atoms with E-state index in [1.807, 2.05) is 37.3 Å². The first-order valence-corrected chi connectivity index (χ1v) is 15.2. The predicted molar refractivity (Wildman–Crippen MR) is 164 cm³/mol. The van der Waals surface area contributed by atoms with Crippen LogP contribution in [0.15, 0.2) is 54.9 Å². The van der Waals surface area contributed by atoms with E-state index in [-0.39, 0.29) is 48.2 Å². The van der Waals surface area contributed by atoms with Gasteiger partial charge in [-0.05, 0) is 74.3 Å². The van der Waals surface area contributed by atoms with Gasteiger partial charge >= 0.3 is 0 Å². The summed E-state index contributed by atoms with van der Waals surface area (Å²) in [5.74, 6) is -0.282. The number of nitrogens with zero attached hydrogens (tertiary/aromatic N) is 2. The number of carbonyl (C=O) groups excluding carboxylic acids is 3. The number of hydrogen-bond acceptors (Lipinski definition) is 7. The van der Waals surface area contributed by atoms with Crippen LogP contribution >= 0.6 is 0 Å². The van der Waals surface area contributed by atoms with Crippen LogP contribution in [-0.2, 0) is 14.6 Å². The third-order valence-corrected chi connectivity index (χ3v) is 9.38. The van der Waals surface area contributed by atoms with Crippen molar-refractivity contribution in [3.63, 3.8) is 0 Å². The summed E-state index contributed by atoms with van der Waals surface area (Å²) in [6.45, 7) is 9.02. The summed E-state index contributed by atoms with van der Waals surface area (Å²) in [6, 6.07) is 12.8. The Balaban J connectivity index is 1.07. The van der Waals surface area contributed by atoms with E-state index in [1.165, 1.54) is 4.90 Å². The average molecular weight is 585 g/mol. The van der Waals surface area contributed by atoms with Crippen molar-refractivity contribution in [1.82, 2.24) is 15.2 Å². The zero-order valence-corrected chi connectivity index (χ0v) is 25.4. The summed E-state index contributed by atoms with van der Waals surface area (Å²) in [4.78, 5) is 56.9. The van der Waals surface area contributed by atoms with Crippen molar-refractivity contribution >= 4 is 39.9 Å². The lowest BCUT2D eigenvalue weighted by molar-refractivity contribution is -0.352. The summed E-state index contributed by atoms with van der Waals surface area (Å²) >= 11 is 0. The highest BCUT2D eigenvalue weighted by Gasteiger charge is 2.52. The first kappa shape index (κ1) is 29.3. The first-order valence-electron chi connectivity index (χ1n) is 15.2. The highest BCUT2D eigenvalue weighted by Crippen LogP contribution is 2.50. The van der Waals surface area contributed by atoms with Gasteiger partial charge in [0.2, 0.25) is 5.91 Å². The van der Waals surface area contributed by atoms with Crippen molar-refractivity contribution in [2.75, 3.05) is 18.4 Å². The quantitative estimate of drug-likeness (QED) is 0.253. The molecule has 2 aliphatic heterocycles. The van der Waals surface area contributed by atoms with Gasteiger partial charge in [-0.1, -0.05) is 32.9 Å². The molecular weight excluding hydrogens is 544 g/mol. The molecule has 2 fully saturated rings. The normalized spacial score (nSPS) is 25.4. The summed E-state index contributed by atoms with van der Waals surface area (Å²) in [6.07, 6.45) is 8.25. The molecule has 1 saturated heterocycles. The Kier molecular flexibility index (Phi) is 7.50. The maximum absolute atomic E-state index is 13.5. The molecule has 43 heavy (non-hydrogen) atoms. The van der Waals surface area contributed by atoms with Crippen molar-refractivity contribution in [3.8, 4) is 0 Å². The van der Waals surface area contributed by atoms with Gasteiger partial charge in [0, 0.05) is 65.2 Å². The Morgan fingerprint density at radius 1 is 1.00 bits per heavy atom. The van der Waals surface area contributed by atoms with Crippen molar-refractivity contribution in [2.24, 2.45) is 11.3 Å². The zero-order valence-electron chi connectivity index (χ0n) is 25.4. The standard InChI is InChI=1S/C34H40N4O5/c1-32(2,3)22-10-14-34(15-11-22)21-33(4,42-43-34)20-28(39)36-18-19-38-30(40)25-7-5-6-24-27(37-23-12-16-35-17-13-23)9-8-26(29(24)25)31(38)41/h5-9,12-13,16-17,22H,10-11,14-15,18-21H2,1-4H3,(H,35,37)(H,36,39). The Hall–Kier alpha value is -3.82. The van der Waals surface area contributed by atoms with E-state index in [1.54, 1.807) is 24.5 Å². The van der Waals surface area contributed by atoms with Crippen LogP contribution in [0.25, 0.3) is 10.8 Å². The number of amides is 3. The minimum absolute atomic E-state index is 0.0719. The Bertz CT molecular complexity index is 1540. The van der Waals surface area contributed by atoms with Crippen LogP contribution in [0.1, 0.15) is 86.9 Å². The summed E-state index contributed by atoms with van der Waals surface area (Å²) in [5, 5.41) is 7.67. The van der Waals surface area contributed by atoms with E-state index in [4.69, 9.17) is 9.78 Å². The fourth-order valence-electron chi connectivity index (χ4n) is 7.05. The predicted octanol–water partition coefficient (Wildman–Crippen LogP) is 6.17. The van der Waals surface area contributed by atoms with Gasteiger partial charge in [-0.15, -0.1) is 0 Å². The van der Waals surface area contributed by atoms with Crippen LogP contribution in [0.3, 0.4) is 0 Å².